The van der Waals surface area contributed by atoms with Crippen molar-refractivity contribution < 1.29 is 23.5 Å². The topological polar surface area (TPSA) is 55.8 Å². The molecule has 1 saturated carbocycles. The van der Waals surface area contributed by atoms with E-state index < -0.39 is 39.0 Å². The number of piperidine rings is 1. The van der Waals surface area contributed by atoms with Crippen LogP contribution >= 0.6 is 23.2 Å². The molecule has 5 nitrogen and oxygen atoms in total. The van der Waals surface area contributed by atoms with Crippen LogP contribution in [0.5, 0.6) is 0 Å². The number of ether oxygens (including phenoxy) is 2. The van der Waals surface area contributed by atoms with Crippen LogP contribution in [0.3, 0.4) is 0 Å². The Hall–Kier alpha value is -0.750. The number of esters is 1. The Labute approximate surface area is 145 Å². The number of amides is 1. The van der Waals surface area contributed by atoms with E-state index >= 15 is 0 Å². The molecule has 2 aliphatic rings. The number of hydrogen-bond donors (Lipinski definition) is 0. The van der Waals surface area contributed by atoms with Crippen LogP contribution in [0.4, 0.5) is 9.18 Å². The number of likely N-dealkylation sites (tertiary alicyclic amines) is 1. The fourth-order valence-electron chi connectivity index (χ4n) is 3.50. The van der Waals surface area contributed by atoms with Crippen molar-refractivity contribution in [3.8, 4) is 0 Å². The summed E-state index contributed by atoms with van der Waals surface area (Å²) in [5.74, 6) is -0.642. The SMILES string of the molecule is COC(=O)[C@]1(C)CN(C(=O)OC(C)(C)C)CC[C@@]12[C@H](F)C2(Cl)Cl. The van der Waals surface area contributed by atoms with Gasteiger partial charge in [0.15, 0.2) is 4.33 Å². The van der Waals surface area contributed by atoms with Gasteiger partial charge in [-0.3, -0.25) is 4.79 Å². The van der Waals surface area contributed by atoms with Crippen molar-refractivity contribution in [3.63, 3.8) is 0 Å². The molecule has 0 unspecified atom stereocenters. The summed E-state index contributed by atoms with van der Waals surface area (Å²) in [4.78, 5) is 26.0. The second-order valence-electron chi connectivity index (χ2n) is 7.43. The maximum absolute atomic E-state index is 14.4. The average molecular weight is 370 g/mol. The van der Waals surface area contributed by atoms with Crippen LogP contribution in [-0.4, -0.2) is 53.3 Å². The molecule has 1 amide bonds. The van der Waals surface area contributed by atoms with E-state index in [1.807, 2.05) is 0 Å². The number of alkyl halides is 3. The van der Waals surface area contributed by atoms with E-state index in [4.69, 9.17) is 32.7 Å². The van der Waals surface area contributed by atoms with E-state index in [2.05, 4.69) is 0 Å². The predicted molar refractivity (Wildman–Crippen MR) is 84.3 cm³/mol. The minimum atomic E-state index is -1.66. The van der Waals surface area contributed by atoms with Gasteiger partial charge in [-0.25, -0.2) is 9.18 Å². The average Bonchev–Trinajstić information content (AvgIpc) is 2.85. The zero-order chi connectivity index (χ0) is 17.8. The molecule has 0 bridgehead atoms. The fraction of sp³-hybridized carbons (Fsp3) is 0.867. The number of nitrogens with zero attached hydrogens (tertiary/aromatic N) is 1. The third-order valence-electron chi connectivity index (χ3n) is 4.82. The molecule has 0 aromatic carbocycles. The second kappa shape index (κ2) is 5.38. The quantitative estimate of drug-likeness (QED) is 0.525. The first kappa shape index (κ1) is 18.6. The molecule has 1 saturated heterocycles. The highest BCUT2D eigenvalue weighted by atomic mass is 35.5. The third kappa shape index (κ3) is 2.58. The van der Waals surface area contributed by atoms with Gasteiger partial charge in [-0.15, -0.1) is 0 Å². The van der Waals surface area contributed by atoms with Crippen LogP contribution in [0.25, 0.3) is 0 Å². The lowest BCUT2D eigenvalue weighted by Gasteiger charge is -2.45. The van der Waals surface area contributed by atoms with Crippen molar-refractivity contribution in [2.45, 2.75) is 50.2 Å². The molecule has 8 heteroatoms. The number of carbonyl (C=O) groups excluding carboxylic acids is 2. The van der Waals surface area contributed by atoms with Crippen molar-refractivity contribution in [1.82, 2.24) is 4.90 Å². The lowest BCUT2D eigenvalue weighted by Crippen LogP contribution is -2.57. The van der Waals surface area contributed by atoms with Crippen LogP contribution in [0, 0.1) is 10.8 Å². The maximum Gasteiger partial charge on any atom is 0.410 e. The summed E-state index contributed by atoms with van der Waals surface area (Å²) in [6.45, 7) is 6.93. The fourth-order valence-corrected chi connectivity index (χ4v) is 4.56. The zero-order valence-corrected chi connectivity index (χ0v) is 15.4. The molecule has 0 N–H and O–H groups in total. The van der Waals surface area contributed by atoms with Crippen LogP contribution < -0.4 is 0 Å². The Balaban J connectivity index is 2.29. The molecule has 2 rings (SSSR count). The van der Waals surface area contributed by atoms with Crippen molar-refractivity contribution in [2.75, 3.05) is 20.2 Å². The first-order valence-electron chi connectivity index (χ1n) is 7.42. The minimum Gasteiger partial charge on any atom is -0.469 e. The van der Waals surface area contributed by atoms with E-state index in [-0.39, 0.29) is 19.5 Å². The molecule has 0 aromatic heterocycles. The molecular weight excluding hydrogens is 348 g/mol. The van der Waals surface area contributed by atoms with Gasteiger partial charge in [-0.05, 0) is 34.1 Å². The summed E-state index contributed by atoms with van der Waals surface area (Å²) in [7, 11) is 1.22. The lowest BCUT2D eigenvalue weighted by molar-refractivity contribution is -0.162. The number of halogens is 3. The Bertz CT molecular complexity index is 536. The van der Waals surface area contributed by atoms with Crippen molar-refractivity contribution >= 4 is 35.3 Å². The first-order valence-corrected chi connectivity index (χ1v) is 8.17. The smallest absolute Gasteiger partial charge is 0.410 e. The van der Waals surface area contributed by atoms with Gasteiger partial charge in [0.05, 0.1) is 17.9 Å². The van der Waals surface area contributed by atoms with Gasteiger partial charge in [0.2, 0.25) is 0 Å². The van der Waals surface area contributed by atoms with E-state index in [0.717, 1.165) is 0 Å². The van der Waals surface area contributed by atoms with E-state index in [9.17, 15) is 14.0 Å². The van der Waals surface area contributed by atoms with Crippen LogP contribution in [-0.2, 0) is 14.3 Å². The van der Waals surface area contributed by atoms with Gasteiger partial charge in [0.25, 0.3) is 0 Å². The standard InChI is InChI=1S/C15H22Cl2FNO4/c1-12(2,3)23-11(21)19-7-6-14(9(18)15(14,16)17)13(4,8-19)10(20)22-5/h9H,6-8H2,1-5H3/t9-,13-,14+/m0/s1. The van der Waals surface area contributed by atoms with Crippen molar-refractivity contribution in [2.24, 2.45) is 10.8 Å². The van der Waals surface area contributed by atoms with Gasteiger partial charge >= 0.3 is 12.1 Å². The third-order valence-corrected chi connectivity index (χ3v) is 5.88. The summed E-state index contributed by atoms with van der Waals surface area (Å²) >= 11 is 12.2. The zero-order valence-electron chi connectivity index (χ0n) is 13.9. The molecule has 2 fully saturated rings. The Morgan fingerprint density at radius 3 is 2.22 bits per heavy atom. The van der Waals surface area contributed by atoms with E-state index in [1.54, 1.807) is 20.8 Å². The predicted octanol–water partition coefficient (Wildman–Crippen LogP) is 3.32. The van der Waals surface area contributed by atoms with Crippen molar-refractivity contribution in [3.05, 3.63) is 0 Å². The maximum atomic E-state index is 14.4. The summed E-state index contributed by atoms with van der Waals surface area (Å²) in [5, 5.41) is 0. The highest BCUT2D eigenvalue weighted by molar-refractivity contribution is 6.52. The number of rotatable bonds is 1. The van der Waals surface area contributed by atoms with Gasteiger partial charge in [0.1, 0.15) is 11.8 Å². The van der Waals surface area contributed by atoms with Crippen LogP contribution in [0.1, 0.15) is 34.1 Å². The molecule has 3 atom stereocenters. The summed E-state index contributed by atoms with van der Waals surface area (Å²) in [6.07, 6.45) is -1.96. The lowest BCUT2D eigenvalue weighted by atomic mass is 9.69. The van der Waals surface area contributed by atoms with Crippen molar-refractivity contribution in [1.29, 1.82) is 0 Å². The molecule has 1 aliphatic carbocycles. The monoisotopic (exact) mass is 369 g/mol. The normalized spacial score (nSPS) is 35.8. The summed E-state index contributed by atoms with van der Waals surface area (Å²) in [6, 6.07) is 0. The Morgan fingerprint density at radius 2 is 1.83 bits per heavy atom. The minimum absolute atomic E-state index is 0.0593. The van der Waals surface area contributed by atoms with Gasteiger partial charge in [-0.1, -0.05) is 23.2 Å². The number of carbonyl (C=O) groups is 2. The molecule has 132 valence electrons. The van der Waals surface area contributed by atoms with Gasteiger partial charge in [-0.2, -0.15) is 0 Å². The van der Waals surface area contributed by atoms with Gasteiger partial charge in [0, 0.05) is 13.1 Å². The summed E-state index contributed by atoms with van der Waals surface area (Å²) < 4.78 is 22.9. The number of hydrogen-bond acceptors (Lipinski definition) is 4. The van der Waals surface area contributed by atoms with Crippen LogP contribution in [0.2, 0.25) is 0 Å². The highest BCUT2D eigenvalue weighted by Gasteiger charge is 2.86. The Kier molecular flexibility index (Phi) is 4.35. The van der Waals surface area contributed by atoms with Gasteiger partial charge < -0.3 is 14.4 Å². The number of methoxy groups -OCH3 is 1. The molecule has 1 aliphatic heterocycles. The van der Waals surface area contributed by atoms with Crippen LogP contribution in [0.15, 0.2) is 0 Å². The van der Waals surface area contributed by atoms with E-state index in [0.29, 0.717) is 0 Å². The van der Waals surface area contributed by atoms with E-state index in [1.165, 1.54) is 18.9 Å². The summed E-state index contributed by atoms with van der Waals surface area (Å²) in [5.41, 5.74) is -3.27. The molecule has 23 heavy (non-hydrogen) atoms. The second-order valence-corrected chi connectivity index (χ2v) is 8.82. The largest absolute Gasteiger partial charge is 0.469 e. The molecule has 1 spiro atoms. The molecular formula is C15H22Cl2FNO4. The molecule has 1 heterocycles. The molecule has 0 aromatic rings. The first-order chi connectivity index (χ1) is 10.3. The highest BCUT2D eigenvalue weighted by Crippen LogP contribution is 2.76. The Morgan fingerprint density at radius 1 is 1.30 bits per heavy atom. The molecule has 0 radical (unpaired) electrons.